The first kappa shape index (κ1) is 19.4. The van der Waals surface area contributed by atoms with E-state index in [1.807, 2.05) is 30.3 Å². The SMILES string of the molecule is CS(=O)(=O)c1cccc(OCC(=O)Nc2ccc(Oc3ccccc3)cc2)c1. The van der Waals surface area contributed by atoms with E-state index in [4.69, 9.17) is 9.47 Å². The van der Waals surface area contributed by atoms with Gasteiger partial charge in [-0.15, -0.1) is 0 Å². The van der Waals surface area contributed by atoms with Crippen molar-refractivity contribution < 1.29 is 22.7 Å². The number of hydrogen-bond donors (Lipinski definition) is 1. The van der Waals surface area contributed by atoms with Crippen LogP contribution in [0.5, 0.6) is 17.2 Å². The number of carbonyl (C=O) groups excluding carboxylic acids is 1. The lowest BCUT2D eigenvalue weighted by Crippen LogP contribution is -2.20. The van der Waals surface area contributed by atoms with E-state index >= 15 is 0 Å². The average molecular weight is 397 g/mol. The Balaban J connectivity index is 1.54. The number of ether oxygens (including phenoxy) is 2. The molecule has 0 heterocycles. The molecule has 0 spiro atoms. The minimum absolute atomic E-state index is 0.138. The quantitative estimate of drug-likeness (QED) is 0.654. The number of carbonyl (C=O) groups is 1. The maximum absolute atomic E-state index is 12.1. The molecule has 1 amide bonds. The summed E-state index contributed by atoms with van der Waals surface area (Å²) in [6.45, 7) is -0.241. The summed E-state index contributed by atoms with van der Waals surface area (Å²) in [5, 5.41) is 2.71. The molecule has 3 aromatic rings. The molecule has 3 aromatic carbocycles. The minimum atomic E-state index is -3.33. The third-order valence-electron chi connectivity index (χ3n) is 3.72. The van der Waals surface area contributed by atoms with Gasteiger partial charge in [-0.25, -0.2) is 8.42 Å². The fraction of sp³-hybridized carbons (Fsp3) is 0.0952. The molecule has 0 radical (unpaired) electrons. The van der Waals surface area contributed by atoms with Gasteiger partial charge in [0.25, 0.3) is 5.91 Å². The second kappa shape index (κ2) is 8.58. The summed E-state index contributed by atoms with van der Waals surface area (Å²) in [6.07, 6.45) is 1.12. The van der Waals surface area contributed by atoms with E-state index in [0.717, 1.165) is 12.0 Å². The monoisotopic (exact) mass is 397 g/mol. The van der Waals surface area contributed by atoms with Crippen molar-refractivity contribution in [2.75, 3.05) is 18.2 Å². The van der Waals surface area contributed by atoms with Crippen molar-refractivity contribution in [2.45, 2.75) is 4.90 Å². The van der Waals surface area contributed by atoms with Crippen LogP contribution in [0.15, 0.2) is 83.8 Å². The second-order valence-corrected chi connectivity index (χ2v) is 8.04. The summed E-state index contributed by atoms with van der Waals surface area (Å²) in [7, 11) is -3.33. The van der Waals surface area contributed by atoms with Gasteiger partial charge in [0, 0.05) is 11.9 Å². The fourth-order valence-corrected chi connectivity index (χ4v) is 3.03. The Labute approximate surface area is 163 Å². The van der Waals surface area contributed by atoms with Crippen molar-refractivity contribution in [1.29, 1.82) is 0 Å². The lowest BCUT2D eigenvalue weighted by molar-refractivity contribution is -0.118. The number of sulfone groups is 1. The number of anilines is 1. The third-order valence-corrected chi connectivity index (χ3v) is 4.83. The normalized spacial score (nSPS) is 10.9. The van der Waals surface area contributed by atoms with Crippen LogP contribution in [0.25, 0.3) is 0 Å². The van der Waals surface area contributed by atoms with Crippen molar-refractivity contribution in [3.05, 3.63) is 78.9 Å². The first-order valence-corrected chi connectivity index (χ1v) is 10.3. The molecule has 0 aliphatic rings. The molecule has 0 saturated carbocycles. The van der Waals surface area contributed by atoms with Gasteiger partial charge in [-0.1, -0.05) is 24.3 Å². The molecule has 7 heteroatoms. The van der Waals surface area contributed by atoms with Crippen LogP contribution in [-0.2, 0) is 14.6 Å². The van der Waals surface area contributed by atoms with Crippen molar-refractivity contribution in [3.63, 3.8) is 0 Å². The van der Waals surface area contributed by atoms with Crippen LogP contribution in [0.4, 0.5) is 5.69 Å². The van der Waals surface area contributed by atoms with E-state index in [2.05, 4.69) is 5.32 Å². The van der Waals surface area contributed by atoms with Gasteiger partial charge in [0.15, 0.2) is 16.4 Å². The zero-order valence-corrected chi connectivity index (χ0v) is 16.0. The van der Waals surface area contributed by atoms with Crippen LogP contribution in [0.2, 0.25) is 0 Å². The maximum Gasteiger partial charge on any atom is 0.262 e. The summed E-state index contributed by atoms with van der Waals surface area (Å²) < 4.78 is 34.2. The topological polar surface area (TPSA) is 81.7 Å². The molecule has 0 fully saturated rings. The summed E-state index contributed by atoms with van der Waals surface area (Å²) in [5.74, 6) is 1.33. The van der Waals surface area contributed by atoms with Crippen LogP contribution in [-0.4, -0.2) is 27.2 Å². The van der Waals surface area contributed by atoms with Crippen molar-refractivity contribution in [1.82, 2.24) is 0 Å². The highest BCUT2D eigenvalue weighted by Crippen LogP contribution is 2.22. The lowest BCUT2D eigenvalue weighted by Gasteiger charge is -2.09. The highest BCUT2D eigenvalue weighted by Gasteiger charge is 2.09. The van der Waals surface area contributed by atoms with Gasteiger partial charge in [-0.05, 0) is 54.6 Å². The Hall–Kier alpha value is -3.32. The molecule has 0 aliphatic carbocycles. The van der Waals surface area contributed by atoms with Crippen LogP contribution >= 0.6 is 0 Å². The number of hydrogen-bond acceptors (Lipinski definition) is 5. The fourth-order valence-electron chi connectivity index (χ4n) is 2.37. The van der Waals surface area contributed by atoms with E-state index < -0.39 is 9.84 Å². The van der Waals surface area contributed by atoms with Gasteiger partial charge in [-0.3, -0.25) is 4.79 Å². The molecule has 0 aromatic heterocycles. The maximum atomic E-state index is 12.1. The molecule has 0 unspecified atom stereocenters. The summed E-state index contributed by atoms with van der Waals surface area (Å²) >= 11 is 0. The smallest absolute Gasteiger partial charge is 0.262 e. The van der Waals surface area contributed by atoms with Crippen LogP contribution < -0.4 is 14.8 Å². The van der Waals surface area contributed by atoms with E-state index in [-0.39, 0.29) is 17.4 Å². The van der Waals surface area contributed by atoms with E-state index in [9.17, 15) is 13.2 Å². The lowest BCUT2D eigenvalue weighted by atomic mass is 10.3. The van der Waals surface area contributed by atoms with Gasteiger partial charge in [-0.2, -0.15) is 0 Å². The summed E-state index contributed by atoms with van der Waals surface area (Å²) in [5.41, 5.74) is 0.596. The van der Waals surface area contributed by atoms with E-state index in [1.54, 1.807) is 36.4 Å². The molecule has 1 N–H and O–H groups in total. The molecule has 6 nitrogen and oxygen atoms in total. The van der Waals surface area contributed by atoms with E-state index in [1.165, 1.54) is 12.1 Å². The Morgan fingerprint density at radius 2 is 1.50 bits per heavy atom. The first-order chi connectivity index (χ1) is 13.4. The highest BCUT2D eigenvalue weighted by molar-refractivity contribution is 7.90. The van der Waals surface area contributed by atoms with Crippen molar-refractivity contribution >= 4 is 21.4 Å². The second-order valence-electron chi connectivity index (χ2n) is 6.02. The zero-order valence-electron chi connectivity index (χ0n) is 15.2. The average Bonchev–Trinajstić information content (AvgIpc) is 2.68. The molecule has 0 bridgehead atoms. The van der Waals surface area contributed by atoms with Crippen molar-refractivity contribution in [2.24, 2.45) is 0 Å². The van der Waals surface area contributed by atoms with E-state index in [0.29, 0.717) is 17.2 Å². The largest absolute Gasteiger partial charge is 0.484 e. The molecule has 3 rings (SSSR count). The molecule has 144 valence electrons. The molecule has 0 aliphatic heterocycles. The Kier molecular flexibility index (Phi) is 5.96. The molecule has 0 saturated heterocycles. The van der Waals surface area contributed by atoms with Gasteiger partial charge in [0.05, 0.1) is 4.90 Å². The number of nitrogens with one attached hydrogen (secondary N) is 1. The molecule has 0 atom stereocenters. The van der Waals surface area contributed by atoms with Crippen molar-refractivity contribution in [3.8, 4) is 17.2 Å². The zero-order chi connectivity index (χ0) is 20.0. The van der Waals surface area contributed by atoms with Crippen LogP contribution in [0.1, 0.15) is 0 Å². The molecular weight excluding hydrogens is 378 g/mol. The number of benzene rings is 3. The number of amides is 1. The molecular formula is C21H19NO5S. The third kappa shape index (κ3) is 5.59. The van der Waals surface area contributed by atoms with Gasteiger partial charge >= 0.3 is 0 Å². The summed E-state index contributed by atoms with van der Waals surface area (Å²) in [4.78, 5) is 12.2. The summed E-state index contributed by atoms with van der Waals surface area (Å²) in [6, 6.07) is 22.3. The van der Waals surface area contributed by atoms with Gasteiger partial charge < -0.3 is 14.8 Å². The van der Waals surface area contributed by atoms with Crippen LogP contribution in [0, 0.1) is 0 Å². The van der Waals surface area contributed by atoms with Gasteiger partial charge in [0.2, 0.25) is 0 Å². The molecule has 28 heavy (non-hydrogen) atoms. The number of rotatable bonds is 7. The first-order valence-electron chi connectivity index (χ1n) is 8.46. The van der Waals surface area contributed by atoms with Crippen LogP contribution in [0.3, 0.4) is 0 Å². The van der Waals surface area contributed by atoms with Gasteiger partial charge in [0.1, 0.15) is 17.2 Å². The Morgan fingerprint density at radius 3 is 2.18 bits per heavy atom. The standard InChI is InChI=1S/C21H19NO5S/c1-28(24,25)20-9-5-8-19(14-20)26-15-21(23)22-16-10-12-18(13-11-16)27-17-6-3-2-4-7-17/h2-14H,15H2,1H3,(H,22,23). The Morgan fingerprint density at radius 1 is 0.857 bits per heavy atom. The predicted octanol–water partition coefficient (Wildman–Crippen LogP) is 3.90. The predicted molar refractivity (Wildman–Crippen MR) is 107 cm³/mol. The number of para-hydroxylation sites is 1. The minimum Gasteiger partial charge on any atom is -0.484 e. The Bertz CT molecular complexity index is 1050. The highest BCUT2D eigenvalue weighted by atomic mass is 32.2.